The van der Waals surface area contributed by atoms with Crippen LogP contribution in [0.3, 0.4) is 0 Å². The molecule has 3 aromatic carbocycles. The fraction of sp³-hybridized carbons (Fsp3) is 0.345. The van der Waals surface area contributed by atoms with Gasteiger partial charge in [0.05, 0.1) is 17.6 Å². The zero-order valence-corrected chi connectivity index (χ0v) is 21.4. The van der Waals surface area contributed by atoms with Crippen LogP contribution in [0.25, 0.3) is 11.0 Å². The number of aryl methyl sites for hydroxylation is 4. The van der Waals surface area contributed by atoms with Crippen molar-refractivity contribution >= 4 is 22.6 Å². The maximum Gasteiger partial charge on any atom is 0.148 e. The molecule has 0 atom stereocenters. The Morgan fingerprint density at radius 1 is 0.941 bits per heavy atom. The lowest BCUT2D eigenvalue weighted by atomic mass is 10.0. The van der Waals surface area contributed by atoms with E-state index in [1.165, 1.54) is 11.1 Å². The van der Waals surface area contributed by atoms with Gasteiger partial charge in [0, 0.05) is 11.6 Å². The molecule has 0 aliphatic rings. The Balaban J connectivity index is 1.48. The minimum Gasteiger partial charge on any atom is -0.494 e. The molecular formula is C29H33ClN2O2. The van der Waals surface area contributed by atoms with E-state index in [0.29, 0.717) is 19.1 Å². The number of imidazole rings is 1. The molecule has 34 heavy (non-hydrogen) atoms. The summed E-state index contributed by atoms with van der Waals surface area (Å²) in [4.78, 5) is 4.88. The van der Waals surface area contributed by atoms with Crippen LogP contribution in [0, 0.1) is 20.8 Å². The first-order chi connectivity index (χ1) is 16.3. The predicted octanol–water partition coefficient (Wildman–Crippen LogP) is 7.79. The lowest BCUT2D eigenvalue weighted by Crippen LogP contribution is -2.11. The van der Waals surface area contributed by atoms with E-state index in [1.54, 1.807) is 0 Å². The fourth-order valence-electron chi connectivity index (χ4n) is 4.27. The van der Waals surface area contributed by atoms with Crippen LogP contribution in [0.5, 0.6) is 11.5 Å². The van der Waals surface area contributed by atoms with Crippen molar-refractivity contribution in [2.75, 3.05) is 6.61 Å². The lowest BCUT2D eigenvalue weighted by molar-refractivity contribution is 0.277. The van der Waals surface area contributed by atoms with Crippen LogP contribution in [0.1, 0.15) is 54.3 Å². The molecule has 5 heteroatoms. The zero-order chi connectivity index (χ0) is 24.2. The molecule has 0 unspecified atom stereocenters. The molecule has 0 N–H and O–H groups in total. The van der Waals surface area contributed by atoms with Gasteiger partial charge in [0.1, 0.15) is 23.9 Å². The van der Waals surface area contributed by atoms with Crippen molar-refractivity contribution in [2.24, 2.45) is 0 Å². The Morgan fingerprint density at radius 3 is 2.41 bits per heavy atom. The number of nitrogens with zero attached hydrogens (tertiary/aromatic N) is 2. The van der Waals surface area contributed by atoms with Gasteiger partial charge in [-0.25, -0.2) is 4.98 Å². The lowest BCUT2D eigenvalue weighted by Gasteiger charge is -2.16. The minimum absolute atomic E-state index is 0.395. The van der Waals surface area contributed by atoms with E-state index < -0.39 is 0 Å². The monoisotopic (exact) mass is 476 g/mol. The number of benzene rings is 3. The molecule has 4 aromatic rings. The number of ether oxygens (including phenoxy) is 2. The average molecular weight is 477 g/mol. The van der Waals surface area contributed by atoms with Crippen LogP contribution >= 0.6 is 11.6 Å². The number of para-hydroxylation sites is 2. The number of fused-ring (bicyclic) bond motifs is 1. The Kier molecular flexibility index (Phi) is 7.47. The summed E-state index contributed by atoms with van der Waals surface area (Å²) in [6.07, 6.45) is 0.857. The van der Waals surface area contributed by atoms with Gasteiger partial charge >= 0.3 is 0 Å². The fourth-order valence-corrected chi connectivity index (χ4v) is 4.38. The Bertz CT molecular complexity index is 1270. The van der Waals surface area contributed by atoms with Crippen LogP contribution in [0.15, 0.2) is 54.6 Å². The number of hydrogen-bond acceptors (Lipinski definition) is 3. The number of hydrogen-bond donors (Lipinski definition) is 0. The highest BCUT2D eigenvalue weighted by Crippen LogP contribution is 2.29. The largest absolute Gasteiger partial charge is 0.494 e. The molecule has 4 rings (SSSR count). The average Bonchev–Trinajstić information content (AvgIpc) is 3.16. The SMILES string of the molecule is Cc1ccc(C(C)C)c(OCc2nc3ccccc3n2CCCOc2cc(C)c(Cl)c(C)c2)c1. The van der Waals surface area contributed by atoms with Gasteiger partial charge in [-0.3, -0.25) is 0 Å². The van der Waals surface area contributed by atoms with Crippen LogP contribution in [-0.4, -0.2) is 16.2 Å². The summed E-state index contributed by atoms with van der Waals surface area (Å²) >= 11 is 6.28. The van der Waals surface area contributed by atoms with Gasteiger partial charge in [0.2, 0.25) is 0 Å². The summed E-state index contributed by atoms with van der Waals surface area (Å²) < 4.78 is 14.6. The third kappa shape index (κ3) is 5.39. The van der Waals surface area contributed by atoms with Crippen molar-refractivity contribution in [3.63, 3.8) is 0 Å². The Morgan fingerprint density at radius 2 is 1.68 bits per heavy atom. The van der Waals surface area contributed by atoms with Crippen molar-refractivity contribution in [3.05, 3.63) is 87.7 Å². The highest BCUT2D eigenvalue weighted by molar-refractivity contribution is 6.32. The van der Waals surface area contributed by atoms with Crippen LogP contribution in [0.2, 0.25) is 5.02 Å². The van der Waals surface area contributed by atoms with Crippen molar-refractivity contribution in [2.45, 2.75) is 60.1 Å². The maximum absolute atomic E-state index is 6.32. The van der Waals surface area contributed by atoms with E-state index in [2.05, 4.69) is 61.7 Å². The molecular weight excluding hydrogens is 444 g/mol. The molecule has 0 aliphatic carbocycles. The van der Waals surface area contributed by atoms with Gasteiger partial charge < -0.3 is 14.0 Å². The summed E-state index contributed by atoms with van der Waals surface area (Å²) in [7, 11) is 0. The van der Waals surface area contributed by atoms with Crippen LogP contribution < -0.4 is 9.47 Å². The zero-order valence-electron chi connectivity index (χ0n) is 20.7. The molecule has 0 saturated carbocycles. The van der Waals surface area contributed by atoms with Gasteiger partial charge in [-0.2, -0.15) is 0 Å². The van der Waals surface area contributed by atoms with Gasteiger partial charge in [-0.1, -0.05) is 49.7 Å². The first-order valence-corrected chi connectivity index (χ1v) is 12.3. The van der Waals surface area contributed by atoms with E-state index in [9.17, 15) is 0 Å². The standard InChI is InChI=1S/C29H33ClN2O2/c1-19(2)24-12-11-20(3)15-27(24)34-18-28-31-25-9-6-7-10-26(25)32(28)13-8-14-33-23-16-21(4)29(30)22(5)17-23/h6-7,9-12,15-17,19H,8,13-14,18H2,1-5H3. The summed E-state index contributed by atoms with van der Waals surface area (Å²) in [5.74, 6) is 3.12. The highest BCUT2D eigenvalue weighted by atomic mass is 35.5. The predicted molar refractivity (Wildman–Crippen MR) is 140 cm³/mol. The summed E-state index contributed by atoms with van der Waals surface area (Å²) in [6.45, 7) is 12.3. The molecule has 0 aliphatic heterocycles. The van der Waals surface area contributed by atoms with Crippen molar-refractivity contribution in [3.8, 4) is 11.5 Å². The van der Waals surface area contributed by atoms with E-state index in [0.717, 1.165) is 57.5 Å². The molecule has 0 bridgehead atoms. The van der Waals surface area contributed by atoms with E-state index in [4.69, 9.17) is 26.1 Å². The van der Waals surface area contributed by atoms with E-state index in [1.807, 2.05) is 32.0 Å². The van der Waals surface area contributed by atoms with Gasteiger partial charge in [0.25, 0.3) is 0 Å². The molecule has 0 saturated heterocycles. The van der Waals surface area contributed by atoms with E-state index >= 15 is 0 Å². The van der Waals surface area contributed by atoms with Gasteiger partial charge in [-0.05, 0) is 85.7 Å². The van der Waals surface area contributed by atoms with Crippen molar-refractivity contribution in [1.29, 1.82) is 0 Å². The number of rotatable bonds is 9. The number of aromatic nitrogens is 2. The molecule has 0 fully saturated rings. The second-order valence-electron chi connectivity index (χ2n) is 9.23. The maximum atomic E-state index is 6.32. The first kappa shape index (κ1) is 24.2. The van der Waals surface area contributed by atoms with Gasteiger partial charge in [-0.15, -0.1) is 0 Å². The quantitative estimate of drug-likeness (QED) is 0.231. The Hall–Kier alpha value is -2.98. The summed E-state index contributed by atoms with van der Waals surface area (Å²) in [5.41, 5.74) is 6.59. The van der Waals surface area contributed by atoms with E-state index in [-0.39, 0.29) is 0 Å². The second-order valence-corrected chi connectivity index (χ2v) is 9.60. The van der Waals surface area contributed by atoms with Gasteiger partial charge in [0.15, 0.2) is 0 Å². The first-order valence-electron chi connectivity index (χ1n) is 11.9. The molecule has 0 radical (unpaired) electrons. The van der Waals surface area contributed by atoms with Crippen LogP contribution in [0.4, 0.5) is 0 Å². The normalized spacial score (nSPS) is 11.4. The smallest absolute Gasteiger partial charge is 0.148 e. The minimum atomic E-state index is 0.395. The summed E-state index contributed by atoms with van der Waals surface area (Å²) in [5, 5.41) is 0.802. The van der Waals surface area contributed by atoms with Crippen LogP contribution in [-0.2, 0) is 13.2 Å². The topological polar surface area (TPSA) is 36.3 Å². The van der Waals surface area contributed by atoms with Crippen molar-refractivity contribution in [1.82, 2.24) is 9.55 Å². The summed E-state index contributed by atoms with van der Waals surface area (Å²) in [6, 6.07) is 18.7. The molecule has 0 spiro atoms. The van der Waals surface area contributed by atoms with Crippen molar-refractivity contribution < 1.29 is 9.47 Å². The molecule has 1 heterocycles. The third-order valence-corrected chi connectivity index (χ3v) is 6.68. The highest BCUT2D eigenvalue weighted by Gasteiger charge is 2.14. The second kappa shape index (κ2) is 10.5. The number of halogens is 1. The molecule has 4 nitrogen and oxygen atoms in total. The molecule has 0 amide bonds. The third-order valence-electron chi connectivity index (χ3n) is 6.09. The Labute approximate surface area is 207 Å². The molecule has 178 valence electrons. The molecule has 1 aromatic heterocycles.